The molecule has 1 aromatic carbocycles. The predicted octanol–water partition coefficient (Wildman–Crippen LogP) is 2.89. The number of carbonyl (C=O) groups excluding carboxylic acids is 1. The van der Waals surface area contributed by atoms with Gasteiger partial charge in [-0.05, 0) is 37.5 Å². The third kappa shape index (κ3) is 4.85. The summed E-state index contributed by atoms with van der Waals surface area (Å²) < 4.78 is 7.34. The number of nitrogens with one attached hydrogen (secondary N) is 1. The van der Waals surface area contributed by atoms with Crippen molar-refractivity contribution < 1.29 is 9.53 Å². The Labute approximate surface area is 188 Å². The number of aromatic nitrogens is 3. The monoisotopic (exact) mass is 459 g/mol. The van der Waals surface area contributed by atoms with Gasteiger partial charge in [0.05, 0.1) is 12.9 Å². The van der Waals surface area contributed by atoms with Crippen molar-refractivity contribution in [2.45, 2.75) is 38.0 Å². The number of nitrogens with zero attached hydrogens (tertiary/aromatic N) is 4. The number of hydrogen-bond acceptors (Lipinski definition) is 8. The quantitative estimate of drug-likeness (QED) is 0.409. The number of thiazole rings is 1. The van der Waals surface area contributed by atoms with E-state index in [9.17, 15) is 9.59 Å². The van der Waals surface area contributed by atoms with E-state index in [2.05, 4.69) is 20.2 Å². The van der Waals surface area contributed by atoms with Crippen LogP contribution >= 0.6 is 23.1 Å². The van der Waals surface area contributed by atoms with Gasteiger partial charge in [-0.3, -0.25) is 14.2 Å². The molecule has 1 saturated heterocycles. The zero-order chi connectivity index (χ0) is 21.8. The second-order valence-corrected chi connectivity index (χ2v) is 9.12. The van der Waals surface area contributed by atoms with Crippen LogP contribution in [0.2, 0.25) is 0 Å². The molecule has 8 nitrogen and oxygen atoms in total. The lowest BCUT2D eigenvalue weighted by molar-refractivity contribution is -0.118. The number of fused-ring (bicyclic) bond motifs is 1. The number of rotatable bonds is 8. The molecule has 1 amide bonds. The molecule has 0 spiro atoms. The number of carbonyl (C=O) groups is 1. The van der Waals surface area contributed by atoms with Gasteiger partial charge in [0.25, 0.3) is 5.56 Å². The summed E-state index contributed by atoms with van der Waals surface area (Å²) in [6, 6.07) is 7.55. The Kier molecular flexibility index (Phi) is 6.77. The zero-order valence-electron chi connectivity index (χ0n) is 17.6. The van der Waals surface area contributed by atoms with Gasteiger partial charge in [-0.25, -0.2) is 4.98 Å². The van der Waals surface area contributed by atoms with Gasteiger partial charge in [0, 0.05) is 26.2 Å². The number of anilines is 1. The molecule has 0 radical (unpaired) electrons. The van der Waals surface area contributed by atoms with Crippen LogP contribution in [-0.2, 0) is 17.9 Å². The van der Waals surface area contributed by atoms with Crippen LogP contribution in [0.3, 0.4) is 0 Å². The first-order valence-corrected chi connectivity index (χ1v) is 12.1. The highest BCUT2D eigenvalue weighted by atomic mass is 32.2. The molecule has 0 aliphatic carbocycles. The van der Waals surface area contributed by atoms with E-state index in [4.69, 9.17) is 4.74 Å². The molecular weight excluding hydrogens is 434 g/mol. The smallest absolute Gasteiger partial charge is 0.273 e. The molecule has 1 N–H and O–H groups in total. The van der Waals surface area contributed by atoms with E-state index in [-0.39, 0.29) is 17.2 Å². The number of benzene rings is 1. The summed E-state index contributed by atoms with van der Waals surface area (Å²) in [5, 5.41) is 4.29. The molecule has 2 aromatic heterocycles. The van der Waals surface area contributed by atoms with Crippen LogP contribution < -0.4 is 20.5 Å². The fraction of sp³-hybridized carbons (Fsp3) is 0.429. The van der Waals surface area contributed by atoms with E-state index in [1.807, 2.05) is 31.2 Å². The van der Waals surface area contributed by atoms with E-state index < -0.39 is 0 Å². The Bertz CT molecular complexity index is 1120. The van der Waals surface area contributed by atoms with Gasteiger partial charge in [-0.1, -0.05) is 35.2 Å². The lowest BCUT2D eigenvalue weighted by atomic mass is 10.2. The van der Waals surface area contributed by atoms with Gasteiger partial charge >= 0.3 is 0 Å². The third-order valence-corrected chi connectivity index (χ3v) is 7.21. The molecule has 1 aliphatic rings. The summed E-state index contributed by atoms with van der Waals surface area (Å²) in [6.45, 7) is 4.77. The fourth-order valence-corrected chi connectivity index (χ4v) is 5.32. The molecule has 10 heteroatoms. The van der Waals surface area contributed by atoms with E-state index in [0.717, 1.165) is 42.4 Å². The first kappa shape index (κ1) is 21.6. The molecule has 164 valence electrons. The van der Waals surface area contributed by atoms with Crippen LogP contribution in [0.25, 0.3) is 10.3 Å². The number of methoxy groups -OCH3 is 1. The minimum atomic E-state index is -0.117. The van der Waals surface area contributed by atoms with Gasteiger partial charge in [0.2, 0.25) is 5.91 Å². The maximum Gasteiger partial charge on any atom is 0.273 e. The largest absolute Gasteiger partial charge is 0.497 e. The normalized spacial score (nSPS) is 13.7. The molecular formula is C21H25N5O3S2. The molecule has 3 heterocycles. The van der Waals surface area contributed by atoms with Gasteiger partial charge in [-0.2, -0.15) is 4.98 Å². The minimum Gasteiger partial charge on any atom is -0.497 e. The van der Waals surface area contributed by atoms with Crippen LogP contribution in [0.15, 0.2) is 34.2 Å². The van der Waals surface area contributed by atoms with E-state index in [1.165, 1.54) is 23.1 Å². The van der Waals surface area contributed by atoms with Crippen molar-refractivity contribution in [2.24, 2.45) is 0 Å². The Balaban J connectivity index is 1.44. The SMILES string of the molecule is CCn1c(SCC(=O)NCc2ccc(OC)cc2)nc2nc(N3CCCC3)sc2c1=O. The van der Waals surface area contributed by atoms with Crippen LogP contribution in [0.4, 0.5) is 5.13 Å². The number of ether oxygens (including phenoxy) is 1. The van der Waals surface area contributed by atoms with Crippen molar-refractivity contribution in [1.29, 1.82) is 0 Å². The maximum atomic E-state index is 13.0. The van der Waals surface area contributed by atoms with Crippen molar-refractivity contribution in [3.05, 3.63) is 40.2 Å². The highest BCUT2D eigenvalue weighted by molar-refractivity contribution is 7.99. The van der Waals surface area contributed by atoms with E-state index in [0.29, 0.717) is 28.6 Å². The van der Waals surface area contributed by atoms with Crippen LogP contribution in [0.1, 0.15) is 25.3 Å². The van der Waals surface area contributed by atoms with Gasteiger partial charge in [0.1, 0.15) is 10.4 Å². The Morgan fingerprint density at radius 1 is 1.23 bits per heavy atom. The maximum absolute atomic E-state index is 13.0. The summed E-state index contributed by atoms with van der Waals surface area (Å²) in [5.74, 6) is 0.838. The summed E-state index contributed by atoms with van der Waals surface area (Å²) >= 11 is 2.68. The first-order chi connectivity index (χ1) is 15.1. The van der Waals surface area contributed by atoms with E-state index >= 15 is 0 Å². The summed E-state index contributed by atoms with van der Waals surface area (Å²) in [6.07, 6.45) is 2.30. The topological polar surface area (TPSA) is 89.3 Å². The molecule has 3 aromatic rings. The Hall–Kier alpha value is -2.59. The highest BCUT2D eigenvalue weighted by Gasteiger charge is 2.20. The Morgan fingerprint density at radius 3 is 2.65 bits per heavy atom. The van der Waals surface area contributed by atoms with Crippen LogP contribution in [0, 0.1) is 0 Å². The molecule has 4 rings (SSSR count). The summed E-state index contributed by atoms with van der Waals surface area (Å²) in [7, 11) is 1.62. The number of thioether (sulfide) groups is 1. The standard InChI is InChI=1S/C21H25N5O3S2/c1-3-26-19(28)17-18(23-20(31-17)25-10-4-5-11-25)24-21(26)30-13-16(27)22-12-14-6-8-15(29-2)9-7-14/h6-9H,3-5,10-13H2,1-2H3,(H,22,27). The average Bonchev–Trinajstić information content (AvgIpc) is 3.46. The Morgan fingerprint density at radius 2 is 1.97 bits per heavy atom. The van der Waals surface area contributed by atoms with Gasteiger partial charge in [-0.15, -0.1) is 0 Å². The minimum absolute atomic E-state index is 0.0865. The van der Waals surface area contributed by atoms with Crippen molar-refractivity contribution in [3.63, 3.8) is 0 Å². The lowest BCUT2D eigenvalue weighted by Crippen LogP contribution is -2.26. The number of amides is 1. The van der Waals surface area contributed by atoms with Crippen molar-refractivity contribution in [3.8, 4) is 5.75 Å². The summed E-state index contributed by atoms with van der Waals surface area (Å²) in [5.41, 5.74) is 1.38. The van der Waals surface area contributed by atoms with Crippen molar-refractivity contribution in [1.82, 2.24) is 19.9 Å². The second kappa shape index (κ2) is 9.69. The van der Waals surface area contributed by atoms with Crippen molar-refractivity contribution in [2.75, 3.05) is 30.9 Å². The third-order valence-electron chi connectivity index (χ3n) is 5.14. The first-order valence-electron chi connectivity index (χ1n) is 10.3. The predicted molar refractivity (Wildman–Crippen MR) is 124 cm³/mol. The molecule has 0 bridgehead atoms. The fourth-order valence-electron chi connectivity index (χ4n) is 3.43. The zero-order valence-corrected chi connectivity index (χ0v) is 19.2. The second-order valence-electron chi connectivity index (χ2n) is 7.20. The van der Waals surface area contributed by atoms with E-state index in [1.54, 1.807) is 11.7 Å². The average molecular weight is 460 g/mol. The molecule has 31 heavy (non-hydrogen) atoms. The van der Waals surface area contributed by atoms with Crippen LogP contribution in [-0.4, -0.2) is 46.4 Å². The van der Waals surface area contributed by atoms with Crippen molar-refractivity contribution >= 4 is 44.5 Å². The molecule has 0 unspecified atom stereocenters. The molecule has 0 atom stereocenters. The lowest BCUT2D eigenvalue weighted by Gasteiger charge is -2.11. The molecule has 1 aliphatic heterocycles. The number of hydrogen-bond donors (Lipinski definition) is 1. The van der Waals surface area contributed by atoms with Gasteiger partial charge < -0.3 is 15.0 Å². The highest BCUT2D eigenvalue weighted by Crippen LogP contribution is 2.29. The van der Waals surface area contributed by atoms with Crippen LogP contribution in [0.5, 0.6) is 5.75 Å². The summed E-state index contributed by atoms with van der Waals surface area (Å²) in [4.78, 5) is 36.7. The molecule has 0 saturated carbocycles. The molecule has 1 fully saturated rings. The van der Waals surface area contributed by atoms with Gasteiger partial charge in [0.15, 0.2) is 15.9 Å².